The van der Waals surface area contributed by atoms with Crippen molar-refractivity contribution in [3.63, 3.8) is 0 Å². The van der Waals surface area contributed by atoms with Gasteiger partial charge < -0.3 is 14.5 Å². The molecule has 0 saturated carbocycles. The summed E-state index contributed by atoms with van der Waals surface area (Å²) in [5.41, 5.74) is 1.94. The van der Waals surface area contributed by atoms with Crippen LogP contribution in [0.5, 0.6) is 5.75 Å². The minimum atomic E-state index is -0.440. The first kappa shape index (κ1) is 29.6. The molecule has 0 aliphatic carbocycles. The number of carbonyl (C=O) groups is 2. The molecule has 1 aliphatic heterocycles. The number of rotatable bonds is 10. The number of nitrogens with zero attached hydrogens (tertiary/aromatic N) is 3. The van der Waals surface area contributed by atoms with Gasteiger partial charge in [-0.05, 0) is 84.1 Å². The summed E-state index contributed by atoms with van der Waals surface area (Å²) in [6, 6.07) is 23.5. The number of nitrogens with one attached hydrogen (secondary N) is 1. The number of thioether (sulfide) groups is 1. The van der Waals surface area contributed by atoms with Crippen LogP contribution in [-0.2, 0) is 16.1 Å². The molecule has 216 valence electrons. The van der Waals surface area contributed by atoms with E-state index in [1.807, 2.05) is 36.4 Å². The molecule has 8 nitrogen and oxygen atoms in total. The maximum absolute atomic E-state index is 13.5. The fourth-order valence-electron chi connectivity index (χ4n) is 3.90. The van der Waals surface area contributed by atoms with Crippen LogP contribution >= 0.6 is 23.4 Å². The first-order chi connectivity index (χ1) is 20.9. The highest BCUT2D eigenvalue weighted by atomic mass is 35.5. The van der Waals surface area contributed by atoms with Crippen molar-refractivity contribution in [1.29, 1.82) is 0 Å². The summed E-state index contributed by atoms with van der Waals surface area (Å²) in [5, 5.41) is 11.8. The number of anilines is 1. The van der Waals surface area contributed by atoms with Crippen LogP contribution in [0.3, 0.4) is 0 Å². The summed E-state index contributed by atoms with van der Waals surface area (Å²) in [7, 11) is 0. The van der Waals surface area contributed by atoms with Gasteiger partial charge in [-0.25, -0.2) is 4.39 Å². The highest BCUT2D eigenvalue weighted by Gasteiger charge is 2.34. The molecule has 0 unspecified atom stereocenters. The van der Waals surface area contributed by atoms with Crippen molar-refractivity contribution in [3.8, 4) is 5.75 Å². The van der Waals surface area contributed by atoms with Gasteiger partial charge >= 0.3 is 0 Å². The highest BCUT2D eigenvalue weighted by molar-refractivity contribution is 8.18. The van der Waals surface area contributed by atoms with Gasteiger partial charge in [-0.1, -0.05) is 48.0 Å². The quantitative estimate of drug-likeness (QED) is 0.115. The van der Waals surface area contributed by atoms with Crippen molar-refractivity contribution < 1.29 is 23.1 Å². The average molecular weight is 615 g/mol. The lowest BCUT2D eigenvalue weighted by Crippen LogP contribution is -2.28. The van der Waals surface area contributed by atoms with Gasteiger partial charge in [0.1, 0.15) is 17.3 Å². The van der Waals surface area contributed by atoms with E-state index in [-0.39, 0.29) is 19.1 Å². The Hall–Kier alpha value is -4.93. The average Bonchev–Trinajstić information content (AvgIpc) is 3.62. The normalized spacial score (nSPS) is 15.3. The Kier molecular flexibility index (Phi) is 9.83. The van der Waals surface area contributed by atoms with E-state index in [0.29, 0.717) is 37.9 Å². The molecule has 43 heavy (non-hydrogen) atoms. The molecule has 4 aromatic rings. The molecule has 2 heterocycles. The molecule has 1 N–H and O–H groups in total. The molecule has 1 fully saturated rings. The van der Waals surface area contributed by atoms with E-state index in [9.17, 15) is 14.0 Å². The lowest BCUT2D eigenvalue weighted by Gasteiger charge is -2.12. The van der Waals surface area contributed by atoms with Gasteiger partial charge in [0.15, 0.2) is 11.8 Å². The second-order valence-electron chi connectivity index (χ2n) is 9.02. The third-order valence-corrected chi connectivity index (χ3v) is 7.14. The molecule has 0 radical (unpaired) electrons. The Balaban J connectivity index is 1.33. The monoisotopic (exact) mass is 614 g/mol. The summed E-state index contributed by atoms with van der Waals surface area (Å²) in [6.07, 6.45) is 8.35. The second kappa shape index (κ2) is 14.3. The van der Waals surface area contributed by atoms with Gasteiger partial charge in [0.2, 0.25) is 0 Å². The van der Waals surface area contributed by atoms with E-state index in [4.69, 9.17) is 20.8 Å². The lowest BCUT2D eigenvalue weighted by molar-refractivity contribution is -0.122. The minimum absolute atomic E-state index is 0.160. The van der Waals surface area contributed by atoms with Gasteiger partial charge in [-0.3, -0.25) is 14.5 Å². The molecular formula is C32H24ClFN4O4S. The number of amides is 2. The topological polar surface area (TPSA) is 96.5 Å². The van der Waals surface area contributed by atoms with Gasteiger partial charge in [0.05, 0.1) is 17.7 Å². The second-order valence-corrected chi connectivity index (χ2v) is 10.5. The van der Waals surface area contributed by atoms with Crippen LogP contribution in [0.1, 0.15) is 16.9 Å². The summed E-state index contributed by atoms with van der Waals surface area (Å²) in [4.78, 5) is 27.7. The molecule has 1 aliphatic rings. The number of hydrogen-bond donors (Lipinski definition) is 1. The fraction of sp³-hybridized carbons (Fsp3) is 0.0625. The SMILES string of the molecule is O=C(COc1ccc(Cl)cc1/C=C1\S/C(=N/N=C\C=C\c2ccccc2)N(Cc2ccco2)C1=O)Nc1ccc(F)cc1. The summed E-state index contributed by atoms with van der Waals surface area (Å²) < 4.78 is 24.4. The minimum Gasteiger partial charge on any atom is -0.483 e. The van der Waals surface area contributed by atoms with Gasteiger partial charge in [0.25, 0.3) is 11.8 Å². The third kappa shape index (κ3) is 8.31. The van der Waals surface area contributed by atoms with Crippen LogP contribution in [0.4, 0.5) is 10.1 Å². The zero-order valence-electron chi connectivity index (χ0n) is 22.5. The molecule has 5 rings (SSSR count). The Morgan fingerprint density at radius 3 is 2.65 bits per heavy atom. The van der Waals surface area contributed by atoms with Crippen molar-refractivity contribution in [2.45, 2.75) is 6.54 Å². The largest absolute Gasteiger partial charge is 0.483 e. The molecule has 0 spiro atoms. The molecule has 3 aromatic carbocycles. The van der Waals surface area contributed by atoms with E-state index >= 15 is 0 Å². The zero-order valence-corrected chi connectivity index (χ0v) is 24.1. The van der Waals surface area contributed by atoms with Crippen molar-refractivity contribution >= 4 is 64.4 Å². The number of halogens is 2. The molecule has 2 amide bonds. The Labute approximate surface area is 256 Å². The van der Waals surface area contributed by atoms with Gasteiger partial charge in [-0.15, -0.1) is 5.10 Å². The Bertz CT molecular complexity index is 1710. The maximum Gasteiger partial charge on any atom is 0.267 e. The smallest absolute Gasteiger partial charge is 0.267 e. The number of amidine groups is 1. The number of allylic oxidation sites excluding steroid dienone is 1. The van der Waals surface area contributed by atoms with Crippen molar-refractivity contribution in [2.75, 3.05) is 11.9 Å². The maximum atomic E-state index is 13.5. The number of ether oxygens (including phenoxy) is 1. The predicted molar refractivity (Wildman–Crippen MR) is 168 cm³/mol. The Morgan fingerprint density at radius 1 is 1.07 bits per heavy atom. The van der Waals surface area contributed by atoms with E-state index < -0.39 is 11.7 Å². The van der Waals surface area contributed by atoms with Gasteiger partial charge in [-0.2, -0.15) is 5.10 Å². The molecule has 0 bridgehead atoms. The summed E-state index contributed by atoms with van der Waals surface area (Å²) in [6.45, 7) is -0.161. The number of furan rings is 1. The van der Waals surface area contributed by atoms with Crippen LogP contribution in [0.15, 0.2) is 117 Å². The Morgan fingerprint density at radius 2 is 1.88 bits per heavy atom. The summed E-state index contributed by atoms with van der Waals surface area (Å²) >= 11 is 7.40. The van der Waals surface area contributed by atoms with Crippen LogP contribution in [0.2, 0.25) is 5.02 Å². The van der Waals surface area contributed by atoms with Crippen molar-refractivity contribution in [2.24, 2.45) is 10.2 Å². The first-order valence-corrected chi connectivity index (χ1v) is 14.2. The van der Waals surface area contributed by atoms with Crippen LogP contribution < -0.4 is 10.1 Å². The van der Waals surface area contributed by atoms with E-state index in [1.54, 1.807) is 42.5 Å². The molecular weight excluding hydrogens is 591 g/mol. The summed E-state index contributed by atoms with van der Waals surface area (Å²) in [5.74, 6) is -0.240. The van der Waals surface area contributed by atoms with Crippen LogP contribution in [-0.4, -0.2) is 34.7 Å². The molecule has 1 aromatic heterocycles. The number of carbonyl (C=O) groups excluding carboxylic acids is 2. The predicted octanol–water partition coefficient (Wildman–Crippen LogP) is 7.26. The van der Waals surface area contributed by atoms with Crippen molar-refractivity contribution in [3.05, 3.63) is 130 Å². The van der Waals surface area contributed by atoms with E-state index in [0.717, 1.165) is 17.3 Å². The van der Waals surface area contributed by atoms with E-state index in [1.165, 1.54) is 41.6 Å². The van der Waals surface area contributed by atoms with Crippen molar-refractivity contribution in [1.82, 2.24) is 4.90 Å². The molecule has 11 heteroatoms. The third-order valence-electron chi connectivity index (χ3n) is 5.91. The highest BCUT2D eigenvalue weighted by Crippen LogP contribution is 2.36. The standard InChI is InChI=1S/C32H24ClFN4O4S/c33-24-10-15-28(42-21-30(39)36-26-13-11-25(34)12-14-26)23(18-24)19-29-31(40)38(20-27-9-5-17-41-27)32(43-29)37-35-16-4-8-22-6-2-1-3-7-22/h1-19H,20-21H2,(H,36,39)/b8-4+,29-19-,35-16-,37-32+. The number of hydrogen-bond acceptors (Lipinski definition) is 7. The zero-order chi connectivity index (χ0) is 30.0. The molecule has 1 saturated heterocycles. The molecule has 0 atom stereocenters. The first-order valence-electron chi connectivity index (χ1n) is 13.0. The fourth-order valence-corrected chi connectivity index (χ4v) is 5.00. The lowest BCUT2D eigenvalue weighted by atomic mass is 10.2. The van der Waals surface area contributed by atoms with Crippen LogP contribution in [0.25, 0.3) is 12.2 Å². The van der Waals surface area contributed by atoms with Crippen LogP contribution in [0, 0.1) is 5.82 Å². The van der Waals surface area contributed by atoms with Gasteiger partial charge in [0, 0.05) is 22.5 Å². The number of benzene rings is 3. The van der Waals surface area contributed by atoms with E-state index in [2.05, 4.69) is 15.5 Å².